The van der Waals surface area contributed by atoms with E-state index in [4.69, 9.17) is 4.74 Å². The molecule has 0 aromatic carbocycles. The Hall–Kier alpha value is -0.870. The van der Waals surface area contributed by atoms with E-state index in [1.807, 2.05) is 0 Å². The minimum absolute atomic E-state index is 0.0798. The fourth-order valence-corrected chi connectivity index (χ4v) is 10.5. The first kappa shape index (κ1) is 17.9. The van der Waals surface area contributed by atoms with Crippen LogP contribution in [0.15, 0.2) is 12.2 Å². The number of fused-ring (bicyclic) bond motifs is 2. The average molecular weight is 386 g/mol. The number of aliphatic hydroxyl groups excluding tert-OH is 1. The van der Waals surface area contributed by atoms with Gasteiger partial charge in [-0.05, 0) is 66.9 Å². The third kappa shape index (κ3) is 1.69. The molecular formula is C24H35NO3. The lowest BCUT2D eigenvalue weighted by Crippen LogP contribution is -2.88. The molecular weight excluding hydrogens is 350 g/mol. The molecule has 8 aliphatic rings. The molecule has 8 rings (SSSR count). The zero-order chi connectivity index (χ0) is 19.6. The van der Waals surface area contributed by atoms with Crippen molar-refractivity contribution in [3.05, 3.63) is 12.2 Å². The number of likely N-dealkylation sites (tertiary alicyclic amines) is 1. The van der Waals surface area contributed by atoms with Crippen LogP contribution in [0.5, 0.6) is 0 Å². The summed E-state index contributed by atoms with van der Waals surface area (Å²) < 4.78 is 5.99. The largest absolute Gasteiger partial charge is 0.457 e. The van der Waals surface area contributed by atoms with Crippen molar-refractivity contribution < 1.29 is 14.6 Å². The Balaban J connectivity index is 1.52. The van der Waals surface area contributed by atoms with Gasteiger partial charge in [-0.2, -0.15) is 0 Å². The van der Waals surface area contributed by atoms with Crippen molar-refractivity contribution in [2.24, 2.45) is 39.9 Å². The Morgan fingerprint density at radius 1 is 1.32 bits per heavy atom. The van der Waals surface area contributed by atoms with Gasteiger partial charge in [0, 0.05) is 36.8 Å². The van der Waals surface area contributed by atoms with Crippen LogP contribution in [0.1, 0.15) is 59.3 Å². The van der Waals surface area contributed by atoms with Crippen LogP contribution in [0.2, 0.25) is 0 Å². The first-order valence-corrected chi connectivity index (χ1v) is 11.6. The number of carbonyl (C=O) groups is 1. The normalized spacial score (nSPS) is 58.7. The van der Waals surface area contributed by atoms with Gasteiger partial charge in [0.15, 0.2) is 0 Å². The van der Waals surface area contributed by atoms with Gasteiger partial charge in [0.2, 0.25) is 0 Å². The van der Waals surface area contributed by atoms with Gasteiger partial charge >= 0.3 is 5.97 Å². The Labute approximate surface area is 168 Å². The number of nitrogens with zero attached hydrogens (tertiary/aromatic N) is 1. The van der Waals surface area contributed by atoms with Gasteiger partial charge in [0.25, 0.3) is 0 Å². The smallest absolute Gasteiger partial charge is 0.303 e. The summed E-state index contributed by atoms with van der Waals surface area (Å²) in [6.45, 7) is 13.1. The van der Waals surface area contributed by atoms with E-state index in [0.717, 1.165) is 37.3 Å². The van der Waals surface area contributed by atoms with Crippen LogP contribution >= 0.6 is 0 Å². The summed E-state index contributed by atoms with van der Waals surface area (Å²) in [5, 5.41) is 11.7. The third-order valence-corrected chi connectivity index (χ3v) is 10.5. The molecule has 0 aromatic heterocycles. The Kier molecular flexibility index (Phi) is 3.36. The summed E-state index contributed by atoms with van der Waals surface area (Å²) in [5.74, 6) is 1.62. The first-order chi connectivity index (χ1) is 13.3. The van der Waals surface area contributed by atoms with Crippen LogP contribution in [0.3, 0.4) is 0 Å². The molecule has 7 aliphatic carbocycles. The van der Waals surface area contributed by atoms with Crippen LogP contribution in [0.25, 0.3) is 0 Å². The molecule has 4 heteroatoms. The SMILES string of the molecule is C=C1[C@H]2CC[C@@]3(C[C@H]4[C@@H]5[C@@]6(C)CCC[C@]5([C@@H]3[C@H]2O)[C@@H]4N(CC)C6)[C@@H]1OC(C)=O. The van der Waals surface area contributed by atoms with E-state index < -0.39 is 0 Å². The van der Waals surface area contributed by atoms with E-state index in [0.29, 0.717) is 17.4 Å². The monoisotopic (exact) mass is 385 g/mol. The first-order valence-electron chi connectivity index (χ1n) is 11.6. The lowest BCUT2D eigenvalue weighted by atomic mass is 9.23. The van der Waals surface area contributed by atoms with Crippen LogP contribution in [-0.4, -0.2) is 47.3 Å². The maximum Gasteiger partial charge on any atom is 0.303 e. The molecule has 0 amide bonds. The van der Waals surface area contributed by atoms with Gasteiger partial charge in [0.05, 0.1) is 6.10 Å². The van der Waals surface area contributed by atoms with Crippen LogP contribution in [0, 0.1) is 39.9 Å². The zero-order valence-electron chi connectivity index (χ0n) is 17.6. The highest BCUT2D eigenvalue weighted by Gasteiger charge is 2.84. The third-order valence-electron chi connectivity index (χ3n) is 10.5. The molecule has 1 aliphatic heterocycles. The number of esters is 1. The summed E-state index contributed by atoms with van der Waals surface area (Å²) in [4.78, 5) is 14.8. The lowest BCUT2D eigenvalue weighted by molar-refractivity contribution is -0.382. The molecule has 1 saturated heterocycles. The number of rotatable bonds is 2. The molecule has 7 bridgehead atoms. The van der Waals surface area contributed by atoms with Crippen LogP contribution in [-0.2, 0) is 9.53 Å². The summed E-state index contributed by atoms with van der Waals surface area (Å²) in [6, 6.07) is 0.631. The molecule has 28 heavy (non-hydrogen) atoms. The summed E-state index contributed by atoms with van der Waals surface area (Å²) in [6.07, 6.45) is 6.61. The van der Waals surface area contributed by atoms with Crippen molar-refractivity contribution in [1.82, 2.24) is 4.90 Å². The van der Waals surface area contributed by atoms with E-state index in [-0.39, 0.29) is 40.8 Å². The van der Waals surface area contributed by atoms with E-state index in [1.54, 1.807) is 0 Å². The zero-order valence-corrected chi connectivity index (χ0v) is 17.6. The summed E-state index contributed by atoms with van der Waals surface area (Å²) in [5.41, 5.74) is 1.53. The number of carbonyl (C=O) groups excluding carboxylic acids is 1. The molecule has 2 spiro atoms. The van der Waals surface area contributed by atoms with E-state index in [9.17, 15) is 9.90 Å². The van der Waals surface area contributed by atoms with Crippen molar-refractivity contribution in [2.75, 3.05) is 13.1 Å². The van der Waals surface area contributed by atoms with Gasteiger partial charge in [-0.15, -0.1) is 0 Å². The minimum atomic E-state index is -0.307. The van der Waals surface area contributed by atoms with Crippen molar-refractivity contribution in [1.29, 1.82) is 0 Å². The van der Waals surface area contributed by atoms with E-state index >= 15 is 0 Å². The second-order valence-corrected chi connectivity index (χ2v) is 11.4. The van der Waals surface area contributed by atoms with Crippen molar-refractivity contribution in [3.63, 3.8) is 0 Å². The number of ether oxygens (including phenoxy) is 1. The molecule has 10 atom stereocenters. The molecule has 0 aromatic rings. The standard InChI is InChI=1S/C24H35NO3/c1-5-25-12-22(4)8-6-9-24-18(22)16(20(24)25)11-23-10-7-15(17(27)19(23)24)13(2)21(23)28-14(3)26/h15-21,27H,2,5-12H2,1,3-4H3/t15-,16+,17+,18-,19-,20-,21-,22+,23+,24+/m1/s1. The van der Waals surface area contributed by atoms with Crippen LogP contribution in [0.4, 0.5) is 0 Å². The van der Waals surface area contributed by atoms with Gasteiger partial charge in [-0.1, -0.05) is 26.8 Å². The number of piperidine rings is 2. The average Bonchev–Trinajstić information content (AvgIpc) is 2.63. The second kappa shape index (κ2) is 5.24. The minimum Gasteiger partial charge on any atom is -0.457 e. The van der Waals surface area contributed by atoms with E-state index in [2.05, 4.69) is 25.3 Å². The maximum atomic E-state index is 12.0. The molecule has 0 radical (unpaired) electrons. The maximum absolute atomic E-state index is 12.0. The molecule has 1 N–H and O–H groups in total. The Morgan fingerprint density at radius 2 is 2.11 bits per heavy atom. The predicted molar refractivity (Wildman–Crippen MR) is 106 cm³/mol. The molecule has 8 fully saturated rings. The highest BCUT2D eigenvalue weighted by Crippen LogP contribution is 2.83. The fraction of sp³-hybridized carbons (Fsp3) is 0.875. The van der Waals surface area contributed by atoms with Crippen molar-refractivity contribution >= 4 is 5.97 Å². The van der Waals surface area contributed by atoms with Crippen LogP contribution < -0.4 is 0 Å². The quantitative estimate of drug-likeness (QED) is 0.585. The lowest BCUT2D eigenvalue weighted by Gasteiger charge is -2.86. The number of hydrogen-bond acceptors (Lipinski definition) is 4. The van der Waals surface area contributed by atoms with Gasteiger partial charge in [0.1, 0.15) is 6.10 Å². The number of aliphatic hydroxyl groups is 1. The molecule has 154 valence electrons. The van der Waals surface area contributed by atoms with Crippen molar-refractivity contribution in [2.45, 2.75) is 77.5 Å². The summed E-state index contributed by atoms with van der Waals surface area (Å²) in [7, 11) is 0. The van der Waals surface area contributed by atoms with Gasteiger partial charge < -0.3 is 9.84 Å². The highest BCUT2D eigenvalue weighted by molar-refractivity contribution is 5.67. The molecule has 4 nitrogen and oxygen atoms in total. The number of hydrogen-bond donors (Lipinski definition) is 1. The molecule has 7 saturated carbocycles. The fourth-order valence-electron chi connectivity index (χ4n) is 10.5. The predicted octanol–water partition coefficient (Wildman–Crippen LogP) is 3.39. The Bertz CT molecular complexity index is 765. The summed E-state index contributed by atoms with van der Waals surface area (Å²) >= 11 is 0. The van der Waals surface area contributed by atoms with Gasteiger partial charge in [-0.3, -0.25) is 9.69 Å². The van der Waals surface area contributed by atoms with Gasteiger partial charge in [-0.25, -0.2) is 0 Å². The highest BCUT2D eigenvalue weighted by atomic mass is 16.5. The van der Waals surface area contributed by atoms with E-state index in [1.165, 1.54) is 32.7 Å². The molecule has 0 unspecified atom stereocenters. The molecule has 1 heterocycles. The second-order valence-electron chi connectivity index (χ2n) is 11.4. The topological polar surface area (TPSA) is 49.8 Å². The Morgan fingerprint density at radius 3 is 2.82 bits per heavy atom. The van der Waals surface area contributed by atoms with Crippen molar-refractivity contribution in [3.8, 4) is 0 Å².